The molecule has 7 heteroatoms. The molecule has 0 amide bonds. The molecule has 0 atom stereocenters. The van der Waals surface area contributed by atoms with Gasteiger partial charge >= 0.3 is 6.18 Å². The summed E-state index contributed by atoms with van der Waals surface area (Å²) in [5.74, 6) is 0.160. The first kappa shape index (κ1) is 15.2. The summed E-state index contributed by atoms with van der Waals surface area (Å²) in [5.41, 5.74) is 7.33. The lowest BCUT2D eigenvalue weighted by Crippen LogP contribution is -2.24. The van der Waals surface area contributed by atoms with Crippen LogP contribution in [0.2, 0.25) is 0 Å². The van der Waals surface area contributed by atoms with Gasteiger partial charge in [-0.15, -0.1) is 11.3 Å². The number of nitrogens with two attached hydrogens (primary N) is 1. The van der Waals surface area contributed by atoms with Crippen LogP contribution in [0.15, 0.2) is 0 Å². The lowest BCUT2D eigenvalue weighted by molar-refractivity contribution is -0.132. The summed E-state index contributed by atoms with van der Waals surface area (Å²) in [6.07, 6.45) is -3.09. The number of ketones is 1. The SMILES string of the molecule is CC(=O)c1sc(N(C)CCC(F)(F)F)c(C2CC2)c1N. The lowest BCUT2D eigenvalue weighted by atomic mass is 10.1. The van der Waals surface area contributed by atoms with E-state index in [1.54, 1.807) is 11.9 Å². The van der Waals surface area contributed by atoms with Gasteiger partial charge in [0, 0.05) is 26.1 Å². The molecule has 1 aliphatic rings. The van der Waals surface area contributed by atoms with E-state index in [2.05, 4.69) is 0 Å². The fourth-order valence-electron chi connectivity index (χ4n) is 2.15. The Balaban J connectivity index is 2.26. The van der Waals surface area contributed by atoms with Crippen molar-refractivity contribution in [2.75, 3.05) is 24.2 Å². The Hall–Kier alpha value is -1.24. The number of carbonyl (C=O) groups is 1. The predicted octanol–water partition coefficient (Wildman–Crippen LogP) is 3.80. The molecule has 1 saturated carbocycles. The third-order valence-electron chi connectivity index (χ3n) is 3.35. The van der Waals surface area contributed by atoms with Crippen molar-refractivity contribution in [2.45, 2.75) is 38.3 Å². The number of carbonyl (C=O) groups excluding carboxylic acids is 1. The number of halogens is 3. The Bertz CT molecular complexity index is 520. The van der Waals surface area contributed by atoms with E-state index >= 15 is 0 Å². The van der Waals surface area contributed by atoms with Crippen LogP contribution < -0.4 is 10.6 Å². The van der Waals surface area contributed by atoms with Crippen molar-refractivity contribution in [3.8, 4) is 0 Å². The van der Waals surface area contributed by atoms with Crippen molar-refractivity contribution in [1.82, 2.24) is 0 Å². The molecule has 112 valence electrons. The maximum atomic E-state index is 12.3. The highest BCUT2D eigenvalue weighted by Gasteiger charge is 2.34. The first-order valence-corrected chi connectivity index (χ1v) is 7.23. The molecular weight excluding hydrogens is 289 g/mol. The summed E-state index contributed by atoms with van der Waals surface area (Å²) < 4.78 is 36.9. The Labute approximate surface area is 119 Å². The van der Waals surface area contributed by atoms with E-state index in [1.807, 2.05) is 0 Å². The standard InChI is InChI=1S/C13H17F3N2OS/c1-7(19)11-10(17)9(8-3-4-8)12(20-11)18(2)6-5-13(14,15)16/h8H,3-6,17H2,1-2H3. The number of nitrogens with zero attached hydrogens (tertiary/aromatic N) is 1. The minimum absolute atomic E-state index is 0.124. The quantitative estimate of drug-likeness (QED) is 0.842. The molecule has 20 heavy (non-hydrogen) atoms. The van der Waals surface area contributed by atoms with Gasteiger partial charge in [-0.1, -0.05) is 0 Å². The van der Waals surface area contributed by atoms with E-state index < -0.39 is 12.6 Å². The average Bonchev–Trinajstić information content (AvgIpc) is 3.08. The van der Waals surface area contributed by atoms with Crippen LogP contribution in [0.25, 0.3) is 0 Å². The number of alkyl halides is 3. The van der Waals surface area contributed by atoms with E-state index in [-0.39, 0.29) is 12.3 Å². The molecule has 3 nitrogen and oxygen atoms in total. The molecule has 0 spiro atoms. The number of rotatable bonds is 5. The lowest BCUT2D eigenvalue weighted by Gasteiger charge is -2.20. The van der Waals surface area contributed by atoms with Gasteiger partial charge in [0.15, 0.2) is 5.78 Å². The highest BCUT2D eigenvalue weighted by Crippen LogP contribution is 2.51. The summed E-state index contributed by atoms with van der Waals surface area (Å²) in [7, 11) is 1.62. The number of hydrogen-bond donors (Lipinski definition) is 1. The molecule has 0 unspecified atom stereocenters. The summed E-state index contributed by atoms with van der Waals surface area (Å²) in [4.78, 5) is 13.6. The predicted molar refractivity (Wildman–Crippen MR) is 74.7 cm³/mol. The van der Waals surface area contributed by atoms with Gasteiger partial charge in [0.25, 0.3) is 0 Å². The van der Waals surface area contributed by atoms with Crippen molar-refractivity contribution in [1.29, 1.82) is 0 Å². The van der Waals surface area contributed by atoms with Gasteiger partial charge in [0.1, 0.15) is 0 Å². The zero-order valence-electron chi connectivity index (χ0n) is 11.4. The molecule has 0 aliphatic heterocycles. The zero-order chi connectivity index (χ0) is 15.1. The molecular formula is C13H17F3N2OS. The van der Waals surface area contributed by atoms with Crippen LogP contribution in [0, 0.1) is 0 Å². The van der Waals surface area contributed by atoms with Crippen molar-refractivity contribution in [3.05, 3.63) is 10.4 Å². The highest BCUT2D eigenvalue weighted by atomic mass is 32.1. The molecule has 1 aromatic rings. The van der Waals surface area contributed by atoms with Crippen LogP contribution in [0.5, 0.6) is 0 Å². The van der Waals surface area contributed by atoms with Gasteiger partial charge in [0.05, 0.1) is 22.0 Å². The summed E-state index contributed by atoms with van der Waals surface area (Å²) in [6, 6.07) is 0. The van der Waals surface area contributed by atoms with E-state index in [1.165, 1.54) is 18.3 Å². The largest absolute Gasteiger partial charge is 0.397 e. The van der Waals surface area contributed by atoms with Gasteiger partial charge in [-0.2, -0.15) is 13.2 Å². The highest BCUT2D eigenvalue weighted by molar-refractivity contribution is 7.18. The van der Waals surface area contributed by atoms with Crippen molar-refractivity contribution in [3.63, 3.8) is 0 Å². The van der Waals surface area contributed by atoms with Crippen molar-refractivity contribution in [2.24, 2.45) is 0 Å². The van der Waals surface area contributed by atoms with Crippen LogP contribution in [0.3, 0.4) is 0 Å². The van der Waals surface area contributed by atoms with Gasteiger partial charge in [-0.25, -0.2) is 0 Å². The molecule has 2 rings (SSSR count). The minimum Gasteiger partial charge on any atom is -0.397 e. The van der Waals surface area contributed by atoms with Crippen LogP contribution in [0.4, 0.5) is 23.9 Å². The van der Waals surface area contributed by atoms with E-state index in [9.17, 15) is 18.0 Å². The number of Topliss-reactive ketones (excluding diaryl/α,β-unsaturated/α-hetero) is 1. The summed E-state index contributed by atoms with van der Waals surface area (Å²) in [6.45, 7) is 1.30. The van der Waals surface area contributed by atoms with Gasteiger partial charge in [-0.05, 0) is 18.8 Å². The zero-order valence-corrected chi connectivity index (χ0v) is 12.2. The monoisotopic (exact) mass is 306 g/mol. The maximum Gasteiger partial charge on any atom is 0.390 e. The van der Waals surface area contributed by atoms with E-state index in [4.69, 9.17) is 5.73 Å². The number of nitrogen functional groups attached to an aromatic ring is 1. The fourth-order valence-corrected chi connectivity index (χ4v) is 3.34. The Morgan fingerprint density at radius 1 is 1.45 bits per heavy atom. The Morgan fingerprint density at radius 3 is 2.50 bits per heavy atom. The van der Waals surface area contributed by atoms with Crippen LogP contribution in [-0.2, 0) is 0 Å². The van der Waals surface area contributed by atoms with Crippen molar-refractivity contribution < 1.29 is 18.0 Å². The number of anilines is 2. The Kier molecular flexibility index (Phi) is 4.00. The maximum absolute atomic E-state index is 12.3. The molecule has 0 radical (unpaired) electrons. The molecule has 1 aromatic heterocycles. The van der Waals surface area contributed by atoms with Gasteiger partial charge < -0.3 is 10.6 Å². The molecule has 1 heterocycles. The van der Waals surface area contributed by atoms with Crippen molar-refractivity contribution >= 4 is 27.8 Å². The number of thiophene rings is 1. The molecule has 1 aliphatic carbocycles. The average molecular weight is 306 g/mol. The summed E-state index contributed by atoms with van der Waals surface area (Å²) in [5, 5.41) is 0.708. The van der Waals surface area contributed by atoms with E-state index in [0.717, 1.165) is 18.4 Å². The second-order valence-corrected chi connectivity index (χ2v) is 6.18. The number of hydrogen-bond acceptors (Lipinski definition) is 4. The van der Waals surface area contributed by atoms with Crippen LogP contribution in [-0.4, -0.2) is 25.6 Å². The second kappa shape index (κ2) is 5.27. The second-order valence-electron chi connectivity index (χ2n) is 5.18. The fraction of sp³-hybridized carbons (Fsp3) is 0.615. The molecule has 0 saturated heterocycles. The smallest absolute Gasteiger partial charge is 0.390 e. The minimum atomic E-state index is -4.18. The molecule has 0 aromatic carbocycles. The summed E-state index contributed by atoms with van der Waals surface area (Å²) >= 11 is 1.21. The van der Waals surface area contributed by atoms with Crippen LogP contribution >= 0.6 is 11.3 Å². The topological polar surface area (TPSA) is 46.3 Å². The third kappa shape index (κ3) is 3.26. The molecule has 1 fully saturated rings. The first-order valence-electron chi connectivity index (χ1n) is 6.41. The molecule has 0 bridgehead atoms. The normalized spacial score (nSPS) is 15.4. The van der Waals surface area contributed by atoms with Gasteiger partial charge in [-0.3, -0.25) is 4.79 Å². The van der Waals surface area contributed by atoms with E-state index in [0.29, 0.717) is 21.5 Å². The van der Waals surface area contributed by atoms with Crippen LogP contribution in [0.1, 0.15) is 47.3 Å². The third-order valence-corrected chi connectivity index (χ3v) is 4.78. The van der Waals surface area contributed by atoms with Gasteiger partial charge in [0.2, 0.25) is 0 Å². The first-order chi connectivity index (χ1) is 9.20. The molecule has 2 N–H and O–H groups in total. The Morgan fingerprint density at radius 2 is 2.05 bits per heavy atom.